The smallest absolute Gasteiger partial charge is 0.287 e. The van der Waals surface area contributed by atoms with Gasteiger partial charge in [0.25, 0.3) is 5.91 Å². The fraction of sp³-hybridized carbons (Fsp3) is 0.368. The molecule has 2 aromatic rings. The minimum Gasteiger partial charge on any atom is -0.456 e. The van der Waals surface area contributed by atoms with Crippen LogP contribution in [0.3, 0.4) is 0 Å². The van der Waals surface area contributed by atoms with Crippen molar-refractivity contribution < 1.29 is 14.0 Å². The highest BCUT2D eigenvalue weighted by atomic mass is 35.5. The summed E-state index contributed by atoms with van der Waals surface area (Å²) in [4.78, 5) is 26.5. The molecule has 0 unspecified atom stereocenters. The van der Waals surface area contributed by atoms with Crippen molar-refractivity contribution in [2.75, 3.05) is 25.0 Å². The van der Waals surface area contributed by atoms with E-state index in [1.165, 1.54) is 12.1 Å². The second-order valence-corrected chi connectivity index (χ2v) is 7.95. The van der Waals surface area contributed by atoms with Crippen molar-refractivity contribution in [3.63, 3.8) is 0 Å². The first-order valence-electron chi connectivity index (χ1n) is 8.86. The molecule has 1 aliphatic rings. The highest BCUT2D eigenvalue weighted by molar-refractivity contribution is 6.44. The zero-order valence-electron chi connectivity index (χ0n) is 15.2. The maximum absolute atomic E-state index is 12.3. The van der Waals surface area contributed by atoms with Crippen molar-refractivity contribution in [3.8, 4) is 0 Å². The minimum absolute atomic E-state index is 0.0572. The van der Waals surface area contributed by atoms with Gasteiger partial charge >= 0.3 is 0 Å². The van der Waals surface area contributed by atoms with Crippen LogP contribution in [0.2, 0.25) is 15.1 Å². The third-order valence-corrected chi connectivity index (χ3v) is 5.57. The van der Waals surface area contributed by atoms with Crippen LogP contribution in [0.1, 0.15) is 29.2 Å². The van der Waals surface area contributed by atoms with Crippen LogP contribution in [0.25, 0.3) is 0 Å². The Morgan fingerprint density at radius 2 is 1.79 bits per heavy atom. The molecule has 6 nitrogen and oxygen atoms in total. The van der Waals surface area contributed by atoms with Gasteiger partial charge in [0.15, 0.2) is 5.76 Å². The lowest BCUT2D eigenvalue weighted by Crippen LogP contribution is -2.46. The average molecular weight is 445 g/mol. The molecule has 0 spiro atoms. The number of piperidine rings is 1. The Morgan fingerprint density at radius 3 is 2.43 bits per heavy atom. The number of halogens is 3. The van der Waals surface area contributed by atoms with Crippen LogP contribution < -0.4 is 10.6 Å². The molecular formula is C19H20Cl3N3O3. The molecule has 1 saturated heterocycles. The molecule has 1 aliphatic heterocycles. The van der Waals surface area contributed by atoms with Crippen LogP contribution in [0, 0.1) is 6.92 Å². The highest BCUT2D eigenvalue weighted by Gasteiger charge is 2.23. The molecule has 0 bridgehead atoms. The molecule has 150 valence electrons. The maximum Gasteiger partial charge on any atom is 0.287 e. The number of nitrogens with one attached hydrogen (secondary N) is 2. The molecule has 9 heteroatoms. The normalized spacial score (nSPS) is 15.4. The predicted octanol–water partition coefficient (Wildman–Crippen LogP) is 4.38. The van der Waals surface area contributed by atoms with E-state index in [2.05, 4.69) is 10.6 Å². The zero-order chi connectivity index (χ0) is 20.3. The van der Waals surface area contributed by atoms with E-state index in [0.717, 1.165) is 12.8 Å². The number of likely N-dealkylation sites (tertiary alicyclic amines) is 1. The van der Waals surface area contributed by atoms with Gasteiger partial charge in [-0.2, -0.15) is 0 Å². The van der Waals surface area contributed by atoms with Crippen molar-refractivity contribution in [1.82, 2.24) is 10.2 Å². The van der Waals surface area contributed by atoms with Crippen molar-refractivity contribution >= 4 is 52.3 Å². The first kappa shape index (κ1) is 21.0. The van der Waals surface area contributed by atoms with Gasteiger partial charge in [-0.25, -0.2) is 0 Å². The zero-order valence-corrected chi connectivity index (χ0v) is 17.5. The van der Waals surface area contributed by atoms with Crippen LogP contribution in [-0.2, 0) is 4.79 Å². The number of rotatable bonds is 5. The summed E-state index contributed by atoms with van der Waals surface area (Å²) in [6, 6.07) is 6.51. The molecule has 1 aromatic heterocycles. The highest BCUT2D eigenvalue weighted by Crippen LogP contribution is 2.32. The SMILES string of the molecule is Cc1ccc(C(=O)NC2CCN(CC(=O)Nc3cc(Cl)c(Cl)cc3Cl)CC2)o1. The lowest BCUT2D eigenvalue weighted by Gasteiger charge is -2.31. The fourth-order valence-corrected chi connectivity index (χ4v) is 3.65. The van der Waals surface area contributed by atoms with Gasteiger partial charge in [-0.1, -0.05) is 34.8 Å². The third-order valence-electron chi connectivity index (χ3n) is 4.54. The van der Waals surface area contributed by atoms with Gasteiger partial charge in [0.1, 0.15) is 5.76 Å². The molecule has 1 fully saturated rings. The number of anilines is 1. The second-order valence-electron chi connectivity index (χ2n) is 6.73. The lowest BCUT2D eigenvalue weighted by molar-refractivity contribution is -0.117. The summed E-state index contributed by atoms with van der Waals surface area (Å²) in [5.41, 5.74) is 0.428. The Morgan fingerprint density at radius 1 is 1.11 bits per heavy atom. The van der Waals surface area contributed by atoms with Gasteiger partial charge in [-0.05, 0) is 44.0 Å². The number of furan rings is 1. The first-order chi connectivity index (χ1) is 13.3. The number of nitrogens with zero attached hydrogens (tertiary/aromatic N) is 1. The number of hydrogen-bond acceptors (Lipinski definition) is 4. The standard InChI is InChI=1S/C19H20Cl3N3O3/c1-11-2-3-17(28-11)19(27)23-12-4-6-25(7-5-12)10-18(26)24-16-9-14(21)13(20)8-15(16)22/h2-3,8-9,12H,4-7,10H2,1H3,(H,23,27)(H,24,26). The van der Waals surface area contributed by atoms with E-state index < -0.39 is 0 Å². The summed E-state index contributed by atoms with van der Waals surface area (Å²) in [7, 11) is 0. The van der Waals surface area contributed by atoms with E-state index in [-0.39, 0.29) is 24.4 Å². The fourth-order valence-electron chi connectivity index (χ4n) is 3.06. The molecule has 0 atom stereocenters. The van der Waals surface area contributed by atoms with Crippen LogP contribution >= 0.6 is 34.8 Å². The van der Waals surface area contributed by atoms with Crippen molar-refractivity contribution in [2.24, 2.45) is 0 Å². The van der Waals surface area contributed by atoms with Gasteiger partial charge in [0.05, 0.1) is 27.3 Å². The van der Waals surface area contributed by atoms with E-state index in [0.29, 0.717) is 45.4 Å². The molecule has 2 amide bonds. The summed E-state index contributed by atoms with van der Waals surface area (Å²) < 4.78 is 5.34. The Hall–Kier alpha value is -1.73. The number of amides is 2. The van der Waals surface area contributed by atoms with E-state index in [1.54, 1.807) is 19.1 Å². The van der Waals surface area contributed by atoms with E-state index in [4.69, 9.17) is 39.2 Å². The van der Waals surface area contributed by atoms with Gasteiger partial charge in [-0.3, -0.25) is 14.5 Å². The van der Waals surface area contributed by atoms with Crippen LogP contribution in [0.4, 0.5) is 5.69 Å². The summed E-state index contributed by atoms with van der Waals surface area (Å²) in [6.45, 7) is 3.43. The molecule has 0 saturated carbocycles. The summed E-state index contributed by atoms with van der Waals surface area (Å²) >= 11 is 18.0. The van der Waals surface area contributed by atoms with Crippen molar-refractivity contribution in [3.05, 3.63) is 50.9 Å². The topological polar surface area (TPSA) is 74.6 Å². The van der Waals surface area contributed by atoms with E-state index in [9.17, 15) is 9.59 Å². The lowest BCUT2D eigenvalue weighted by atomic mass is 10.0. The molecule has 3 rings (SSSR count). The van der Waals surface area contributed by atoms with E-state index in [1.807, 2.05) is 4.90 Å². The molecule has 2 heterocycles. The maximum atomic E-state index is 12.3. The summed E-state index contributed by atoms with van der Waals surface area (Å²) in [5.74, 6) is 0.623. The van der Waals surface area contributed by atoms with Gasteiger partial charge in [0.2, 0.25) is 5.91 Å². The van der Waals surface area contributed by atoms with Gasteiger partial charge in [0, 0.05) is 19.1 Å². The minimum atomic E-state index is -0.210. The Kier molecular flexibility index (Phi) is 6.88. The largest absolute Gasteiger partial charge is 0.456 e. The molecular weight excluding hydrogens is 425 g/mol. The van der Waals surface area contributed by atoms with Crippen molar-refractivity contribution in [2.45, 2.75) is 25.8 Å². The number of carbonyl (C=O) groups excluding carboxylic acids is 2. The molecule has 28 heavy (non-hydrogen) atoms. The van der Waals surface area contributed by atoms with Crippen LogP contribution in [0.5, 0.6) is 0 Å². The number of benzene rings is 1. The molecule has 2 N–H and O–H groups in total. The number of hydrogen-bond donors (Lipinski definition) is 2. The Balaban J connectivity index is 1.45. The van der Waals surface area contributed by atoms with Crippen LogP contribution in [0.15, 0.2) is 28.7 Å². The molecule has 1 aromatic carbocycles. The number of aryl methyl sites for hydroxylation is 1. The molecule has 0 aliphatic carbocycles. The molecule has 0 radical (unpaired) electrons. The Labute approximate surface area is 178 Å². The third kappa shape index (κ3) is 5.41. The predicted molar refractivity (Wildman–Crippen MR) is 110 cm³/mol. The number of carbonyl (C=O) groups is 2. The van der Waals surface area contributed by atoms with Gasteiger partial charge < -0.3 is 15.1 Å². The second kappa shape index (κ2) is 9.18. The summed E-state index contributed by atoms with van der Waals surface area (Å²) in [5, 5.41) is 6.72. The quantitative estimate of drug-likeness (QED) is 0.671. The first-order valence-corrected chi connectivity index (χ1v) is 9.99. The monoisotopic (exact) mass is 443 g/mol. The van der Waals surface area contributed by atoms with Crippen molar-refractivity contribution in [1.29, 1.82) is 0 Å². The van der Waals surface area contributed by atoms with Crippen LogP contribution in [-0.4, -0.2) is 42.4 Å². The Bertz CT molecular complexity index is 877. The van der Waals surface area contributed by atoms with Gasteiger partial charge in [-0.15, -0.1) is 0 Å². The van der Waals surface area contributed by atoms with E-state index >= 15 is 0 Å². The average Bonchev–Trinajstić information content (AvgIpc) is 3.08. The summed E-state index contributed by atoms with van der Waals surface area (Å²) in [6.07, 6.45) is 1.51.